The Bertz CT molecular complexity index is 1380. The Balaban J connectivity index is 1.59. The van der Waals surface area contributed by atoms with Gasteiger partial charge in [0.05, 0.1) is 12.1 Å². The van der Waals surface area contributed by atoms with Gasteiger partial charge < -0.3 is 19.5 Å². The second kappa shape index (κ2) is 8.60. The summed E-state index contributed by atoms with van der Waals surface area (Å²) in [5.41, 5.74) is -1.03. The number of hydrogen-bond donors (Lipinski definition) is 1. The van der Waals surface area contributed by atoms with Gasteiger partial charge in [0.25, 0.3) is 5.91 Å². The van der Waals surface area contributed by atoms with Crippen molar-refractivity contribution >= 4 is 23.2 Å². The van der Waals surface area contributed by atoms with Crippen molar-refractivity contribution in [3.05, 3.63) is 68.8 Å². The molecule has 1 N–H and O–H groups in total. The third-order valence-corrected chi connectivity index (χ3v) is 7.80. The highest BCUT2D eigenvalue weighted by Crippen LogP contribution is 2.35. The van der Waals surface area contributed by atoms with Gasteiger partial charge in [0.2, 0.25) is 11.3 Å². The summed E-state index contributed by atoms with van der Waals surface area (Å²) in [6.07, 6.45) is 4.55. The number of fused-ring (bicyclic) bond motifs is 1. The summed E-state index contributed by atoms with van der Waals surface area (Å²) in [6, 6.07) is 6.15. The lowest BCUT2D eigenvalue weighted by molar-refractivity contribution is -0.145. The predicted molar refractivity (Wildman–Crippen MR) is 129 cm³/mol. The minimum Gasteiger partial charge on any atom is -0.503 e. The van der Waals surface area contributed by atoms with Crippen LogP contribution >= 0.6 is 11.3 Å². The van der Waals surface area contributed by atoms with E-state index in [4.69, 9.17) is 0 Å². The molecule has 10 heteroatoms. The topological polar surface area (TPSA) is 95.7 Å². The van der Waals surface area contributed by atoms with E-state index in [9.17, 15) is 23.9 Å². The standard InChI is InChI=1S/C25H25FN4O4S/c1-3-28-14-25(2,24(34)29-9-4-10-29)30-13-18(20(31)21(32)19(30)23(28)33)22-27-12-17(35-22)11-15-5-7-16(26)8-6-15/h5-8,12-13,32H,3-4,9-11,14H2,1-2H3/t25-/m1/s1. The van der Waals surface area contributed by atoms with Crippen LogP contribution in [0, 0.1) is 5.82 Å². The average molecular weight is 497 g/mol. The fourth-order valence-corrected chi connectivity index (χ4v) is 5.57. The molecule has 1 atom stereocenters. The number of carbonyl (C=O) groups excluding carboxylic acids is 2. The first kappa shape index (κ1) is 23.2. The summed E-state index contributed by atoms with van der Waals surface area (Å²) >= 11 is 1.27. The second-order valence-corrected chi connectivity index (χ2v) is 10.2. The number of hydrogen-bond acceptors (Lipinski definition) is 6. The van der Waals surface area contributed by atoms with Crippen molar-refractivity contribution in [2.75, 3.05) is 26.2 Å². The van der Waals surface area contributed by atoms with Gasteiger partial charge in [0.1, 0.15) is 16.4 Å². The zero-order valence-corrected chi connectivity index (χ0v) is 20.3. The SMILES string of the molecule is CCN1C[C@](C)(C(=O)N2CCC2)n2cc(-c3ncc(Cc4ccc(F)cc4)s3)c(=O)c(O)c2C1=O. The molecule has 3 aromatic rings. The number of likely N-dealkylation sites (N-methyl/N-ethyl adjacent to an activating group) is 1. The smallest absolute Gasteiger partial charge is 0.274 e. The van der Waals surface area contributed by atoms with E-state index in [0.717, 1.165) is 16.9 Å². The first-order valence-corrected chi connectivity index (χ1v) is 12.3. The van der Waals surface area contributed by atoms with Gasteiger partial charge in [-0.05, 0) is 38.0 Å². The molecule has 4 heterocycles. The summed E-state index contributed by atoms with van der Waals surface area (Å²) in [7, 11) is 0. The van der Waals surface area contributed by atoms with E-state index >= 15 is 0 Å². The van der Waals surface area contributed by atoms with E-state index in [1.165, 1.54) is 39.1 Å². The Morgan fingerprint density at radius 3 is 2.57 bits per heavy atom. The summed E-state index contributed by atoms with van der Waals surface area (Å²) < 4.78 is 14.7. The minimum absolute atomic E-state index is 0.127. The number of halogens is 1. The number of pyridine rings is 1. The molecule has 0 saturated carbocycles. The van der Waals surface area contributed by atoms with Gasteiger partial charge in [-0.25, -0.2) is 9.37 Å². The Kier molecular flexibility index (Phi) is 5.71. The zero-order valence-electron chi connectivity index (χ0n) is 19.5. The third kappa shape index (κ3) is 3.81. The van der Waals surface area contributed by atoms with E-state index in [1.807, 2.05) is 0 Å². The first-order chi connectivity index (χ1) is 16.7. The number of rotatable bonds is 5. The predicted octanol–water partition coefficient (Wildman–Crippen LogP) is 2.83. The van der Waals surface area contributed by atoms with Gasteiger partial charge >= 0.3 is 0 Å². The normalized spacial score (nSPS) is 19.5. The Labute approximate surface area is 205 Å². The number of thiazole rings is 1. The molecule has 2 aromatic heterocycles. The molecule has 5 rings (SSSR count). The van der Waals surface area contributed by atoms with Crippen LogP contribution < -0.4 is 5.43 Å². The van der Waals surface area contributed by atoms with Crippen LogP contribution in [-0.2, 0) is 16.8 Å². The van der Waals surface area contributed by atoms with Gasteiger partial charge in [0, 0.05) is 43.3 Å². The molecule has 0 bridgehead atoms. The number of amides is 2. The van der Waals surface area contributed by atoms with Crippen LogP contribution in [-0.4, -0.2) is 62.5 Å². The van der Waals surface area contributed by atoms with Crippen LogP contribution in [0.4, 0.5) is 4.39 Å². The number of aromatic nitrogens is 2. The lowest BCUT2D eigenvalue weighted by atomic mass is 9.92. The Hall–Kier alpha value is -3.53. The quantitative estimate of drug-likeness (QED) is 0.586. The number of nitrogens with zero attached hydrogens (tertiary/aromatic N) is 4. The van der Waals surface area contributed by atoms with Gasteiger partial charge in [-0.2, -0.15) is 0 Å². The van der Waals surface area contributed by atoms with Crippen molar-refractivity contribution in [2.45, 2.75) is 32.2 Å². The summed E-state index contributed by atoms with van der Waals surface area (Å²) in [4.78, 5) is 48.2. The van der Waals surface area contributed by atoms with Gasteiger partial charge in [-0.15, -0.1) is 11.3 Å². The van der Waals surface area contributed by atoms with E-state index in [-0.39, 0.29) is 29.5 Å². The monoisotopic (exact) mass is 496 g/mol. The van der Waals surface area contributed by atoms with Crippen molar-refractivity contribution < 1.29 is 19.1 Å². The maximum Gasteiger partial charge on any atom is 0.274 e. The van der Waals surface area contributed by atoms with Crippen LogP contribution in [0.15, 0.2) is 41.5 Å². The molecule has 0 spiro atoms. The Morgan fingerprint density at radius 1 is 1.23 bits per heavy atom. The molecular weight excluding hydrogens is 471 g/mol. The van der Waals surface area contributed by atoms with Crippen LogP contribution in [0.25, 0.3) is 10.6 Å². The number of benzene rings is 1. The lowest BCUT2D eigenvalue weighted by Gasteiger charge is -2.46. The van der Waals surface area contributed by atoms with Crippen molar-refractivity contribution in [1.29, 1.82) is 0 Å². The van der Waals surface area contributed by atoms with Crippen molar-refractivity contribution in [3.8, 4) is 16.3 Å². The van der Waals surface area contributed by atoms with E-state index in [0.29, 0.717) is 31.1 Å². The molecule has 2 aliphatic rings. The molecular formula is C25H25FN4O4S. The largest absolute Gasteiger partial charge is 0.503 e. The molecule has 182 valence electrons. The van der Waals surface area contributed by atoms with Crippen LogP contribution in [0.5, 0.6) is 5.75 Å². The maximum absolute atomic E-state index is 13.5. The molecule has 8 nitrogen and oxygen atoms in total. The molecule has 2 aliphatic heterocycles. The summed E-state index contributed by atoms with van der Waals surface area (Å²) in [6.45, 7) is 5.30. The molecule has 0 radical (unpaired) electrons. The number of carbonyl (C=O) groups is 2. The fraction of sp³-hybridized carbons (Fsp3) is 0.360. The minimum atomic E-state index is -1.17. The molecule has 0 unspecified atom stereocenters. The average Bonchev–Trinajstić information content (AvgIpc) is 3.26. The van der Waals surface area contributed by atoms with Crippen LogP contribution in [0.1, 0.15) is 41.2 Å². The summed E-state index contributed by atoms with van der Waals surface area (Å²) in [5.74, 6) is -1.63. The highest BCUT2D eigenvalue weighted by atomic mass is 32.1. The number of likely N-dealkylation sites (tertiary alicyclic amines) is 1. The Morgan fingerprint density at radius 2 is 1.94 bits per heavy atom. The molecule has 1 fully saturated rings. The third-order valence-electron chi connectivity index (χ3n) is 6.76. The highest BCUT2D eigenvalue weighted by Gasteiger charge is 2.48. The molecule has 1 aromatic carbocycles. The molecule has 0 aliphatic carbocycles. The number of aromatic hydroxyl groups is 1. The second-order valence-electron chi connectivity index (χ2n) is 9.11. The van der Waals surface area contributed by atoms with Crippen LogP contribution in [0.2, 0.25) is 0 Å². The lowest BCUT2D eigenvalue weighted by Crippen LogP contribution is -2.62. The van der Waals surface area contributed by atoms with Crippen molar-refractivity contribution in [1.82, 2.24) is 19.4 Å². The van der Waals surface area contributed by atoms with Crippen molar-refractivity contribution in [2.24, 2.45) is 0 Å². The summed E-state index contributed by atoms with van der Waals surface area (Å²) in [5, 5.41) is 11.3. The highest BCUT2D eigenvalue weighted by molar-refractivity contribution is 7.15. The van der Waals surface area contributed by atoms with Gasteiger partial charge in [-0.3, -0.25) is 14.4 Å². The van der Waals surface area contributed by atoms with E-state index < -0.39 is 22.6 Å². The zero-order chi connectivity index (χ0) is 24.9. The van der Waals surface area contributed by atoms with E-state index in [1.54, 1.807) is 37.1 Å². The maximum atomic E-state index is 13.5. The molecule has 35 heavy (non-hydrogen) atoms. The first-order valence-electron chi connectivity index (χ1n) is 11.5. The van der Waals surface area contributed by atoms with Gasteiger partial charge in [-0.1, -0.05) is 12.1 Å². The van der Waals surface area contributed by atoms with Crippen molar-refractivity contribution in [3.63, 3.8) is 0 Å². The van der Waals surface area contributed by atoms with E-state index in [2.05, 4.69) is 4.98 Å². The van der Waals surface area contributed by atoms with Crippen LogP contribution in [0.3, 0.4) is 0 Å². The molecule has 2 amide bonds. The fourth-order valence-electron chi connectivity index (χ4n) is 4.62. The van der Waals surface area contributed by atoms with Gasteiger partial charge in [0.15, 0.2) is 11.4 Å². The molecule has 1 saturated heterocycles.